The Kier molecular flexibility index (Phi) is 4.20. The molecule has 0 heterocycles. The molecule has 0 spiro atoms. The molecular formula is C14H20O5S. The van der Waals surface area contributed by atoms with Gasteiger partial charge in [0.05, 0.1) is 17.6 Å². The van der Waals surface area contributed by atoms with Crippen molar-refractivity contribution in [2.45, 2.75) is 49.0 Å². The Hall–Kier alpha value is -0.950. The lowest BCUT2D eigenvalue weighted by Crippen LogP contribution is -2.46. The Bertz CT molecular complexity index is 596. The van der Waals surface area contributed by atoms with Crippen LogP contribution in [-0.2, 0) is 15.5 Å². The van der Waals surface area contributed by atoms with Gasteiger partial charge in [-0.2, -0.15) is 8.42 Å². The summed E-state index contributed by atoms with van der Waals surface area (Å²) in [6.07, 6.45) is 1.84. The van der Waals surface area contributed by atoms with Crippen LogP contribution in [0.25, 0.3) is 0 Å². The lowest BCUT2D eigenvalue weighted by Gasteiger charge is -2.41. The molecule has 2 atom stereocenters. The van der Waals surface area contributed by atoms with Crippen molar-refractivity contribution in [2.75, 3.05) is 6.61 Å². The van der Waals surface area contributed by atoms with Crippen LogP contribution in [0.5, 0.6) is 0 Å². The predicted octanol–water partition coefficient (Wildman–Crippen LogP) is 1.41. The molecule has 3 N–H and O–H groups in total. The summed E-state index contributed by atoms with van der Waals surface area (Å²) in [5, 5.41) is 20.1. The SMILES string of the molecule is Cc1ccc(S(=O)(=O)O)c(C2(CO)CCCCC2O)c1. The van der Waals surface area contributed by atoms with E-state index in [-0.39, 0.29) is 11.5 Å². The summed E-state index contributed by atoms with van der Waals surface area (Å²) in [5.74, 6) is 0. The van der Waals surface area contributed by atoms with Crippen molar-refractivity contribution < 1.29 is 23.2 Å². The third kappa shape index (κ3) is 2.61. The number of hydrogen-bond acceptors (Lipinski definition) is 4. The molecule has 5 nitrogen and oxygen atoms in total. The average Bonchev–Trinajstić information content (AvgIpc) is 2.38. The smallest absolute Gasteiger partial charge is 0.294 e. The van der Waals surface area contributed by atoms with Crippen molar-refractivity contribution in [3.8, 4) is 0 Å². The molecule has 1 fully saturated rings. The second kappa shape index (κ2) is 5.44. The van der Waals surface area contributed by atoms with Gasteiger partial charge in [-0.1, -0.05) is 30.5 Å². The summed E-state index contributed by atoms with van der Waals surface area (Å²) >= 11 is 0. The van der Waals surface area contributed by atoms with Crippen LogP contribution in [0.15, 0.2) is 23.1 Å². The molecule has 1 saturated carbocycles. The van der Waals surface area contributed by atoms with E-state index < -0.39 is 21.6 Å². The molecule has 1 aliphatic carbocycles. The number of rotatable bonds is 3. The first-order valence-electron chi connectivity index (χ1n) is 6.69. The van der Waals surface area contributed by atoms with Crippen molar-refractivity contribution in [1.82, 2.24) is 0 Å². The zero-order valence-corrected chi connectivity index (χ0v) is 12.2. The lowest BCUT2D eigenvalue weighted by atomic mass is 9.67. The van der Waals surface area contributed by atoms with Crippen molar-refractivity contribution in [2.24, 2.45) is 0 Å². The molecule has 1 aliphatic rings. The van der Waals surface area contributed by atoms with Gasteiger partial charge in [0.1, 0.15) is 0 Å². The summed E-state index contributed by atoms with van der Waals surface area (Å²) in [6, 6.07) is 4.56. The summed E-state index contributed by atoms with van der Waals surface area (Å²) in [7, 11) is -4.39. The summed E-state index contributed by atoms with van der Waals surface area (Å²) < 4.78 is 32.5. The van der Waals surface area contributed by atoms with Crippen LogP contribution < -0.4 is 0 Å². The maximum Gasteiger partial charge on any atom is 0.294 e. The van der Waals surface area contributed by atoms with Crippen LogP contribution in [0.3, 0.4) is 0 Å². The minimum absolute atomic E-state index is 0.224. The molecule has 0 aliphatic heterocycles. The van der Waals surface area contributed by atoms with Gasteiger partial charge in [-0.3, -0.25) is 4.55 Å². The van der Waals surface area contributed by atoms with E-state index in [4.69, 9.17) is 0 Å². The second-order valence-corrected chi connectivity index (χ2v) is 6.94. The highest BCUT2D eigenvalue weighted by Gasteiger charge is 2.43. The van der Waals surface area contributed by atoms with E-state index in [9.17, 15) is 23.2 Å². The highest BCUT2D eigenvalue weighted by atomic mass is 32.2. The maximum absolute atomic E-state index is 11.6. The van der Waals surface area contributed by atoms with Gasteiger partial charge in [-0.15, -0.1) is 0 Å². The quantitative estimate of drug-likeness (QED) is 0.734. The van der Waals surface area contributed by atoms with E-state index in [0.29, 0.717) is 18.4 Å². The highest BCUT2D eigenvalue weighted by Crippen LogP contribution is 2.42. The van der Waals surface area contributed by atoms with Gasteiger partial charge in [-0.05, 0) is 31.4 Å². The van der Waals surface area contributed by atoms with E-state index in [1.54, 1.807) is 19.1 Å². The van der Waals surface area contributed by atoms with Gasteiger partial charge in [-0.25, -0.2) is 0 Å². The normalized spacial score (nSPS) is 27.5. The first kappa shape index (κ1) is 15.4. The fourth-order valence-electron chi connectivity index (χ4n) is 3.06. The van der Waals surface area contributed by atoms with Gasteiger partial charge in [0.25, 0.3) is 10.1 Å². The topological polar surface area (TPSA) is 94.8 Å². The molecule has 2 rings (SSSR count). The van der Waals surface area contributed by atoms with Gasteiger partial charge >= 0.3 is 0 Å². The van der Waals surface area contributed by atoms with E-state index in [2.05, 4.69) is 0 Å². The van der Waals surface area contributed by atoms with E-state index in [1.807, 2.05) is 0 Å². The van der Waals surface area contributed by atoms with Gasteiger partial charge in [0.2, 0.25) is 0 Å². The zero-order chi connectivity index (χ0) is 15.0. The fourth-order valence-corrected chi connectivity index (χ4v) is 3.84. The number of hydrogen-bond donors (Lipinski definition) is 3. The van der Waals surface area contributed by atoms with Gasteiger partial charge < -0.3 is 10.2 Å². The third-order valence-corrected chi connectivity index (χ3v) is 5.13. The lowest BCUT2D eigenvalue weighted by molar-refractivity contribution is 0.00484. The molecule has 0 aromatic heterocycles. The largest absolute Gasteiger partial charge is 0.395 e. The van der Waals surface area contributed by atoms with Gasteiger partial charge in [0.15, 0.2) is 0 Å². The molecule has 1 aromatic carbocycles. The molecule has 0 bridgehead atoms. The maximum atomic E-state index is 11.6. The second-order valence-electron chi connectivity index (χ2n) is 5.55. The molecule has 0 saturated heterocycles. The molecular weight excluding hydrogens is 280 g/mol. The van der Waals surface area contributed by atoms with Crippen molar-refractivity contribution >= 4 is 10.1 Å². The van der Waals surface area contributed by atoms with Crippen LogP contribution >= 0.6 is 0 Å². The zero-order valence-electron chi connectivity index (χ0n) is 11.4. The Labute approximate surface area is 119 Å². The van der Waals surface area contributed by atoms with E-state index in [0.717, 1.165) is 18.4 Å². The van der Waals surface area contributed by atoms with Crippen molar-refractivity contribution in [1.29, 1.82) is 0 Å². The summed E-state index contributed by atoms with van der Waals surface area (Å²) in [6.45, 7) is 1.46. The Morgan fingerprint density at radius 1 is 1.35 bits per heavy atom. The van der Waals surface area contributed by atoms with Gasteiger partial charge in [0, 0.05) is 5.41 Å². The summed E-state index contributed by atoms with van der Waals surface area (Å²) in [5.41, 5.74) is 0.114. The minimum atomic E-state index is -4.39. The fraction of sp³-hybridized carbons (Fsp3) is 0.571. The minimum Gasteiger partial charge on any atom is -0.395 e. The summed E-state index contributed by atoms with van der Waals surface area (Å²) in [4.78, 5) is -0.224. The third-order valence-electron chi connectivity index (χ3n) is 4.22. The van der Waals surface area contributed by atoms with Crippen LogP contribution in [-0.4, -0.2) is 35.9 Å². The van der Waals surface area contributed by atoms with Crippen LogP contribution in [0.4, 0.5) is 0 Å². The number of aryl methyl sites for hydroxylation is 1. The number of aliphatic hydroxyl groups is 2. The van der Waals surface area contributed by atoms with Crippen LogP contribution in [0.2, 0.25) is 0 Å². The number of benzene rings is 1. The monoisotopic (exact) mass is 300 g/mol. The molecule has 6 heteroatoms. The molecule has 0 radical (unpaired) electrons. The van der Waals surface area contributed by atoms with Crippen molar-refractivity contribution in [3.63, 3.8) is 0 Å². The Morgan fingerprint density at radius 2 is 2.05 bits per heavy atom. The first-order chi connectivity index (χ1) is 9.31. The van der Waals surface area contributed by atoms with E-state index in [1.165, 1.54) is 6.07 Å². The standard InChI is InChI=1S/C14H20O5S/c1-10-5-6-12(20(17,18)19)11(8-10)14(9-15)7-3-2-4-13(14)16/h5-6,8,13,15-16H,2-4,7,9H2,1H3,(H,17,18,19). The van der Waals surface area contributed by atoms with Crippen LogP contribution in [0, 0.1) is 6.92 Å². The molecule has 2 unspecified atom stereocenters. The average molecular weight is 300 g/mol. The highest BCUT2D eigenvalue weighted by molar-refractivity contribution is 7.85. The molecule has 20 heavy (non-hydrogen) atoms. The van der Waals surface area contributed by atoms with Crippen molar-refractivity contribution in [3.05, 3.63) is 29.3 Å². The van der Waals surface area contributed by atoms with Crippen LogP contribution in [0.1, 0.15) is 36.8 Å². The molecule has 0 amide bonds. The molecule has 112 valence electrons. The number of aliphatic hydroxyl groups excluding tert-OH is 2. The molecule has 1 aromatic rings. The van der Waals surface area contributed by atoms with E-state index >= 15 is 0 Å². The first-order valence-corrected chi connectivity index (χ1v) is 8.13. The predicted molar refractivity (Wildman–Crippen MR) is 74.2 cm³/mol. The Morgan fingerprint density at radius 3 is 2.60 bits per heavy atom. The Balaban J connectivity index is 2.68.